The number of hydrogen-bond donors (Lipinski definition) is 0. The van der Waals surface area contributed by atoms with Gasteiger partial charge >= 0.3 is 19.5 Å². The van der Waals surface area contributed by atoms with Crippen molar-refractivity contribution in [3.8, 4) is 0 Å². The van der Waals surface area contributed by atoms with E-state index in [1.54, 1.807) is 0 Å². The molecule has 0 aromatic heterocycles. The van der Waals surface area contributed by atoms with E-state index in [1.807, 2.05) is 0 Å². The second-order valence-corrected chi connectivity index (χ2v) is 0.183. The minimum absolute atomic E-state index is 0. The van der Waals surface area contributed by atoms with E-state index in [0.29, 0.717) is 12.2 Å². The van der Waals surface area contributed by atoms with Crippen molar-refractivity contribution in [2.75, 3.05) is 0 Å². The Morgan fingerprint density at radius 2 is 1.00 bits per heavy atom. The van der Waals surface area contributed by atoms with Gasteiger partial charge < -0.3 is 10.8 Å². The molecular weight excluding hydrogens is 185 g/mol. The van der Waals surface area contributed by atoms with Crippen LogP contribution in [-0.2, 0) is 29.1 Å². The molecule has 0 heterocycles. The van der Waals surface area contributed by atoms with Crippen molar-refractivity contribution in [3.63, 3.8) is 0 Å². The van der Waals surface area contributed by atoms with E-state index in [1.165, 1.54) is 0 Å². The quantitative estimate of drug-likeness (QED) is 0.297. The van der Waals surface area contributed by atoms with E-state index in [-0.39, 0.29) is 19.5 Å². The minimum atomic E-state index is 0. The molecule has 38 valence electrons. The van der Waals surface area contributed by atoms with Crippen LogP contribution in [0.1, 0.15) is 0 Å². The van der Waals surface area contributed by atoms with Crippen LogP contribution in [0.15, 0.2) is 0 Å². The van der Waals surface area contributed by atoms with Crippen LogP contribution in [0.25, 0.3) is 10.8 Å². The van der Waals surface area contributed by atoms with E-state index in [9.17, 15) is 0 Å². The summed E-state index contributed by atoms with van der Waals surface area (Å²) in [6.07, 6.45) is 1.00. The number of rotatable bonds is 0. The molecule has 0 aromatic rings. The molecule has 4 nitrogen and oxygen atoms in total. The zero-order chi connectivity index (χ0) is 5.41. The molecule has 0 saturated carbocycles. The molecule has 0 aliphatic heterocycles. The molecular formula is C2N2O2Ru. The van der Waals surface area contributed by atoms with E-state index < -0.39 is 0 Å². The summed E-state index contributed by atoms with van der Waals surface area (Å²) in [5.74, 6) is 0. The third kappa shape index (κ3) is 162. The van der Waals surface area contributed by atoms with Gasteiger partial charge in [-0.25, -0.2) is 0 Å². The van der Waals surface area contributed by atoms with Gasteiger partial charge in [-0.3, -0.25) is 9.59 Å². The molecule has 0 saturated heterocycles. The topological polar surface area (TPSA) is 78.7 Å². The maximum atomic E-state index is 8.24. The van der Waals surface area contributed by atoms with Gasteiger partial charge in [0, 0.05) is 0 Å². The first-order valence-electron chi connectivity index (χ1n) is 0.855. The molecule has 0 atom stereocenters. The minimum Gasteiger partial charge on any atom is -0.724 e. The Morgan fingerprint density at radius 1 is 1.00 bits per heavy atom. The molecule has 0 rings (SSSR count). The van der Waals surface area contributed by atoms with Crippen LogP contribution in [0.4, 0.5) is 0 Å². The summed E-state index contributed by atoms with van der Waals surface area (Å²) in [7, 11) is 0. The van der Waals surface area contributed by atoms with Crippen molar-refractivity contribution in [2.45, 2.75) is 0 Å². The maximum Gasteiger partial charge on any atom is 2.00 e. The molecule has 0 bridgehead atoms. The first-order chi connectivity index (χ1) is 2.83. The van der Waals surface area contributed by atoms with E-state index in [2.05, 4.69) is 0 Å². The predicted octanol–water partition coefficient (Wildman–Crippen LogP) is -0.219. The third-order valence-corrected chi connectivity index (χ3v) is 0. The van der Waals surface area contributed by atoms with Crippen molar-refractivity contribution in [3.05, 3.63) is 10.8 Å². The normalized spacial score (nSPS) is 2.29. The van der Waals surface area contributed by atoms with Crippen LogP contribution < -0.4 is 0 Å². The van der Waals surface area contributed by atoms with Gasteiger partial charge in [-0.05, 0) is 12.2 Å². The molecule has 0 N–H and O–H groups in total. The Bertz CT molecular complexity index is 67.7. The first kappa shape index (κ1) is 16.2. The van der Waals surface area contributed by atoms with Gasteiger partial charge in [0.25, 0.3) is 0 Å². The van der Waals surface area contributed by atoms with Gasteiger partial charge in [-0.2, -0.15) is 0 Å². The van der Waals surface area contributed by atoms with Gasteiger partial charge in [-0.1, -0.05) is 0 Å². The standard InChI is InChI=1S/2CNO.Ru/c2*2-1-3;/q2*-1;+2. The third-order valence-electron chi connectivity index (χ3n) is 0. The summed E-state index contributed by atoms with van der Waals surface area (Å²) in [6, 6.07) is 0. The van der Waals surface area contributed by atoms with Gasteiger partial charge in [0.2, 0.25) is 0 Å². The fourth-order valence-corrected chi connectivity index (χ4v) is 0. The molecule has 0 aromatic carbocycles. The Labute approximate surface area is 52.7 Å². The second-order valence-electron chi connectivity index (χ2n) is 0.183. The van der Waals surface area contributed by atoms with Crippen molar-refractivity contribution >= 4 is 12.2 Å². The second kappa shape index (κ2) is 54.0. The Balaban J connectivity index is -0.0000000400. The van der Waals surface area contributed by atoms with Crippen LogP contribution in [0.5, 0.6) is 0 Å². The summed E-state index contributed by atoms with van der Waals surface area (Å²) in [4.78, 5) is 16.5. The number of carbonyl (C=O) groups excluding carboxylic acids is 2. The predicted molar refractivity (Wildman–Crippen MR) is 18.1 cm³/mol. The average molecular weight is 185 g/mol. The molecule has 0 radical (unpaired) electrons. The van der Waals surface area contributed by atoms with Crippen molar-refractivity contribution < 1.29 is 29.1 Å². The average Bonchev–Trinajstić information content (AvgIpc) is 1.39. The SMILES string of the molecule is [N-]=C=O.[N-]=C=O.[Ru+2]. The Hall–Kier alpha value is -0.617. The summed E-state index contributed by atoms with van der Waals surface area (Å²) in [6.45, 7) is 0. The fourth-order valence-electron chi connectivity index (χ4n) is 0. The number of isocyanates is 2. The summed E-state index contributed by atoms with van der Waals surface area (Å²) < 4.78 is 0. The molecule has 0 spiro atoms. The molecule has 0 aliphatic carbocycles. The monoisotopic (exact) mass is 186 g/mol. The Morgan fingerprint density at radius 3 is 1.00 bits per heavy atom. The van der Waals surface area contributed by atoms with Crippen LogP contribution >= 0.6 is 0 Å². The molecule has 5 heteroatoms. The maximum absolute atomic E-state index is 8.24. The molecule has 0 fully saturated rings. The summed E-state index contributed by atoms with van der Waals surface area (Å²) >= 11 is 0. The zero-order valence-electron chi connectivity index (χ0n) is 3.06. The summed E-state index contributed by atoms with van der Waals surface area (Å²) in [5, 5.41) is 13.5. The van der Waals surface area contributed by atoms with Gasteiger partial charge in [-0.15, -0.1) is 0 Å². The van der Waals surface area contributed by atoms with Crippen molar-refractivity contribution in [1.82, 2.24) is 0 Å². The molecule has 0 amide bonds. The summed E-state index contributed by atoms with van der Waals surface area (Å²) in [5.41, 5.74) is 0. The zero-order valence-corrected chi connectivity index (χ0v) is 4.80. The van der Waals surface area contributed by atoms with Crippen LogP contribution in [0.3, 0.4) is 0 Å². The van der Waals surface area contributed by atoms with Crippen molar-refractivity contribution in [2.24, 2.45) is 0 Å². The molecule has 0 unspecified atom stereocenters. The number of nitrogens with zero attached hydrogens (tertiary/aromatic N) is 2. The van der Waals surface area contributed by atoms with Gasteiger partial charge in [0.15, 0.2) is 0 Å². The van der Waals surface area contributed by atoms with Gasteiger partial charge in [0.1, 0.15) is 0 Å². The Kier molecular flexibility index (Phi) is 125. The van der Waals surface area contributed by atoms with Crippen LogP contribution in [-0.4, -0.2) is 12.2 Å². The number of hydrogen-bond acceptors (Lipinski definition) is 2. The largest absolute Gasteiger partial charge is 2.00 e. The molecule has 7 heavy (non-hydrogen) atoms. The van der Waals surface area contributed by atoms with E-state index in [0.717, 1.165) is 0 Å². The van der Waals surface area contributed by atoms with E-state index in [4.69, 9.17) is 20.4 Å². The van der Waals surface area contributed by atoms with Crippen LogP contribution in [0, 0.1) is 0 Å². The smallest absolute Gasteiger partial charge is 0.724 e. The first-order valence-corrected chi connectivity index (χ1v) is 0.855. The fraction of sp³-hybridized carbons (Fsp3) is 0. The van der Waals surface area contributed by atoms with Crippen molar-refractivity contribution in [1.29, 1.82) is 0 Å². The molecule has 0 aliphatic rings. The van der Waals surface area contributed by atoms with Crippen LogP contribution in [0.2, 0.25) is 0 Å². The van der Waals surface area contributed by atoms with E-state index >= 15 is 0 Å². The van der Waals surface area contributed by atoms with Gasteiger partial charge in [0.05, 0.1) is 0 Å².